The zero-order chi connectivity index (χ0) is 12.5. The molecular weight excluding hydrogens is 222 g/mol. The van der Waals surface area contributed by atoms with Crippen LogP contribution in [0.25, 0.3) is 0 Å². The van der Waals surface area contributed by atoms with E-state index in [-0.39, 0.29) is 5.69 Å². The zero-order valence-corrected chi connectivity index (χ0v) is 9.35. The van der Waals surface area contributed by atoms with E-state index >= 15 is 0 Å². The van der Waals surface area contributed by atoms with Crippen molar-refractivity contribution in [1.82, 2.24) is 0 Å². The molecule has 92 valence electrons. The van der Waals surface area contributed by atoms with Gasteiger partial charge in [-0.15, -0.1) is 0 Å². The second kappa shape index (κ2) is 4.21. The average molecular weight is 237 g/mol. The number of nitrogen functional groups attached to an aromatic ring is 1. The van der Waals surface area contributed by atoms with Crippen LogP contribution in [0, 0.1) is 10.1 Å². The topological polar surface area (TPSA) is 101 Å². The summed E-state index contributed by atoms with van der Waals surface area (Å²) in [5.74, 6) is 0. The van der Waals surface area contributed by atoms with Crippen molar-refractivity contribution >= 4 is 17.1 Å². The number of rotatable bonds is 4. The van der Waals surface area contributed by atoms with E-state index in [2.05, 4.69) is 5.32 Å². The SMILES string of the molecule is Nc1cc([N+](=O)[O-])ccc1NCC1(O)CCC1. The predicted octanol–water partition coefficient (Wildman–Crippen LogP) is 1.50. The maximum atomic E-state index is 10.5. The van der Waals surface area contributed by atoms with Gasteiger partial charge in [0.25, 0.3) is 5.69 Å². The number of nitrogens with zero attached hydrogens (tertiary/aromatic N) is 1. The molecule has 1 aliphatic rings. The van der Waals surface area contributed by atoms with Gasteiger partial charge in [-0.25, -0.2) is 0 Å². The van der Waals surface area contributed by atoms with Crippen molar-refractivity contribution in [2.45, 2.75) is 24.9 Å². The molecule has 1 aromatic carbocycles. The van der Waals surface area contributed by atoms with Crippen LogP contribution in [0.15, 0.2) is 18.2 Å². The fourth-order valence-corrected chi connectivity index (χ4v) is 1.85. The lowest BCUT2D eigenvalue weighted by atomic mass is 9.80. The van der Waals surface area contributed by atoms with Gasteiger partial charge >= 0.3 is 0 Å². The summed E-state index contributed by atoms with van der Waals surface area (Å²) in [5, 5.41) is 23.4. The van der Waals surface area contributed by atoms with Gasteiger partial charge in [0.05, 0.1) is 21.9 Å². The van der Waals surface area contributed by atoms with Gasteiger partial charge in [0, 0.05) is 18.7 Å². The number of nitrogens with one attached hydrogen (secondary N) is 1. The Hall–Kier alpha value is -1.82. The molecule has 0 heterocycles. The van der Waals surface area contributed by atoms with E-state index in [4.69, 9.17) is 5.73 Å². The predicted molar refractivity (Wildman–Crippen MR) is 64.8 cm³/mol. The third-order valence-corrected chi connectivity index (χ3v) is 3.14. The van der Waals surface area contributed by atoms with Crippen molar-refractivity contribution in [3.63, 3.8) is 0 Å². The van der Waals surface area contributed by atoms with Crippen LogP contribution in [0.2, 0.25) is 0 Å². The summed E-state index contributed by atoms with van der Waals surface area (Å²) in [6.45, 7) is 0.426. The maximum absolute atomic E-state index is 10.5. The molecule has 0 amide bonds. The second-order valence-electron chi connectivity index (χ2n) is 4.46. The number of hydrogen-bond acceptors (Lipinski definition) is 5. The number of nitro groups is 1. The minimum absolute atomic E-state index is 0.0320. The normalized spacial score (nSPS) is 17.2. The molecule has 0 bridgehead atoms. The third-order valence-electron chi connectivity index (χ3n) is 3.14. The number of non-ortho nitro benzene ring substituents is 1. The van der Waals surface area contributed by atoms with Crippen molar-refractivity contribution in [3.8, 4) is 0 Å². The summed E-state index contributed by atoms with van der Waals surface area (Å²) in [6.07, 6.45) is 2.60. The van der Waals surface area contributed by atoms with Crippen LogP contribution in [-0.4, -0.2) is 22.2 Å². The fraction of sp³-hybridized carbons (Fsp3) is 0.455. The maximum Gasteiger partial charge on any atom is 0.271 e. The summed E-state index contributed by atoms with van der Waals surface area (Å²) in [7, 11) is 0. The second-order valence-corrected chi connectivity index (χ2v) is 4.46. The first-order valence-corrected chi connectivity index (χ1v) is 5.50. The Bertz CT molecular complexity index is 444. The van der Waals surface area contributed by atoms with Gasteiger partial charge in [-0.05, 0) is 25.3 Å². The van der Waals surface area contributed by atoms with Crippen molar-refractivity contribution in [3.05, 3.63) is 28.3 Å². The molecule has 0 unspecified atom stereocenters. The van der Waals surface area contributed by atoms with E-state index in [0.717, 1.165) is 19.3 Å². The minimum Gasteiger partial charge on any atom is -0.397 e. The molecule has 6 nitrogen and oxygen atoms in total. The molecule has 0 saturated heterocycles. The van der Waals surface area contributed by atoms with Gasteiger partial charge in [0.1, 0.15) is 0 Å². The third kappa shape index (κ3) is 2.47. The highest BCUT2D eigenvalue weighted by Crippen LogP contribution is 2.32. The molecule has 0 aromatic heterocycles. The number of benzene rings is 1. The summed E-state index contributed by atoms with van der Waals surface area (Å²) in [6, 6.07) is 4.27. The Kier molecular flexibility index (Phi) is 2.89. The highest BCUT2D eigenvalue weighted by molar-refractivity contribution is 5.69. The Labute approximate surface area is 98.6 Å². The lowest BCUT2D eigenvalue weighted by molar-refractivity contribution is -0.384. The molecule has 4 N–H and O–H groups in total. The van der Waals surface area contributed by atoms with Crippen molar-refractivity contribution in [2.75, 3.05) is 17.6 Å². The molecule has 1 aliphatic carbocycles. The van der Waals surface area contributed by atoms with Gasteiger partial charge in [-0.2, -0.15) is 0 Å². The highest BCUT2D eigenvalue weighted by Gasteiger charge is 2.34. The number of nitrogens with two attached hydrogens (primary N) is 1. The fourth-order valence-electron chi connectivity index (χ4n) is 1.85. The average Bonchev–Trinajstić information content (AvgIpc) is 2.24. The summed E-state index contributed by atoms with van der Waals surface area (Å²) < 4.78 is 0. The molecule has 0 aliphatic heterocycles. The van der Waals surface area contributed by atoms with Crippen LogP contribution in [0.4, 0.5) is 17.1 Å². The van der Waals surface area contributed by atoms with E-state index in [1.807, 2.05) is 0 Å². The van der Waals surface area contributed by atoms with Gasteiger partial charge in [-0.1, -0.05) is 0 Å². The molecule has 2 rings (SSSR count). The van der Waals surface area contributed by atoms with Gasteiger partial charge in [0.2, 0.25) is 0 Å². The van der Waals surface area contributed by atoms with Crippen LogP contribution >= 0.6 is 0 Å². The lowest BCUT2D eigenvalue weighted by Gasteiger charge is -2.37. The molecule has 1 saturated carbocycles. The monoisotopic (exact) mass is 237 g/mol. The minimum atomic E-state index is -0.645. The van der Waals surface area contributed by atoms with Crippen LogP contribution in [0.5, 0.6) is 0 Å². The molecule has 1 aromatic rings. The molecule has 0 atom stereocenters. The standard InChI is InChI=1S/C11H15N3O3/c12-9-6-8(14(16)17)2-3-10(9)13-7-11(15)4-1-5-11/h2-3,6,13,15H,1,4-5,7,12H2. The smallest absolute Gasteiger partial charge is 0.271 e. The Morgan fingerprint density at radius 2 is 2.24 bits per heavy atom. The summed E-state index contributed by atoms with van der Waals surface area (Å²) in [4.78, 5) is 10.0. The first-order chi connectivity index (χ1) is 8.00. The van der Waals surface area contributed by atoms with Gasteiger partial charge < -0.3 is 16.2 Å². The van der Waals surface area contributed by atoms with Crippen molar-refractivity contribution in [2.24, 2.45) is 0 Å². The Morgan fingerprint density at radius 1 is 1.53 bits per heavy atom. The van der Waals surface area contributed by atoms with E-state index in [1.54, 1.807) is 6.07 Å². The number of nitro benzene ring substituents is 1. The van der Waals surface area contributed by atoms with Crippen LogP contribution in [0.1, 0.15) is 19.3 Å². The first kappa shape index (κ1) is 11.7. The molecule has 17 heavy (non-hydrogen) atoms. The highest BCUT2D eigenvalue weighted by atomic mass is 16.6. The molecular formula is C11H15N3O3. The lowest BCUT2D eigenvalue weighted by Crippen LogP contribution is -2.43. The van der Waals surface area contributed by atoms with Gasteiger partial charge in [0.15, 0.2) is 0 Å². The number of aliphatic hydroxyl groups is 1. The number of anilines is 2. The van der Waals surface area contributed by atoms with E-state index in [9.17, 15) is 15.2 Å². The molecule has 6 heteroatoms. The summed E-state index contributed by atoms with van der Waals surface area (Å²) >= 11 is 0. The Balaban J connectivity index is 2.03. The van der Waals surface area contributed by atoms with Crippen LogP contribution in [-0.2, 0) is 0 Å². The quantitative estimate of drug-likeness (QED) is 0.418. The van der Waals surface area contributed by atoms with Crippen molar-refractivity contribution in [1.29, 1.82) is 0 Å². The van der Waals surface area contributed by atoms with Crippen LogP contribution in [0.3, 0.4) is 0 Å². The van der Waals surface area contributed by atoms with Gasteiger partial charge in [-0.3, -0.25) is 10.1 Å². The summed E-state index contributed by atoms with van der Waals surface area (Å²) in [5.41, 5.74) is 5.97. The van der Waals surface area contributed by atoms with E-state index < -0.39 is 10.5 Å². The van der Waals surface area contributed by atoms with Crippen LogP contribution < -0.4 is 11.1 Å². The van der Waals surface area contributed by atoms with E-state index in [1.165, 1.54) is 12.1 Å². The number of hydrogen-bond donors (Lipinski definition) is 3. The van der Waals surface area contributed by atoms with E-state index in [0.29, 0.717) is 17.9 Å². The first-order valence-electron chi connectivity index (χ1n) is 5.50. The Morgan fingerprint density at radius 3 is 2.71 bits per heavy atom. The zero-order valence-electron chi connectivity index (χ0n) is 9.35. The molecule has 0 radical (unpaired) electrons. The van der Waals surface area contributed by atoms with Crippen molar-refractivity contribution < 1.29 is 10.0 Å². The molecule has 1 fully saturated rings. The molecule has 0 spiro atoms. The largest absolute Gasteiger partial charge is 0.397 e.